The van der Waals surface area contributed by atoms with Crippen LogP contribution in [-0.4, -0.2) is 39.1 Å². The third-order valence-corrected chi connectivity index (χ3v) is 4.66. The maximum Gasteiger partial charge on any atom is 0.296 e. The van der Waals surface area contributed by atoms with Gasteiger partial charge in [0.15, 0.2) is 0 Å². The quantitative estimate of drug-likeness (QED) is 0.252. The molecule has 10 heteroatoms. The first-order valence-electron chi connectivity index (χ1n) is 8.28. The summed E-state index contributed by atoms with van der Waals surface area (Å²) in [5, 5.41) is 22.6. The zero-order valence-electron chi connectivity index (χ0n) is 14.7. The van der Waals surface area contributed by atoms with E-state index in [0.29, 0.717) is 5.02 Å². The van der Waals surface area contributed by atoms with Crippen molar-refractivity contribution in [2.24, 2.45) is 5.73 Å². The highest BCUT2D eigenvalue weighted by molar-refractivity contribution is 6.47. The Morgan fingerprint density at radius 2 is 1.79 bits per heavy atom. The Bertz CT molecular complexity index is 1060. The molecule has 3 rings (SSSR count). The average Bonchev–Trinajstić information content (AvgIpc) is 2.92. The van der Waals surface area contributed by atoms with Gasteiger partial charge >= 0.3 is 0 Å². The van der Waals surface area contributed by atoms with E-state index in [1.54, 1.807) is 0 Å². The van der Waals surface area contributed by atoms with Gasteiger partial charge in [0.25, 0.3) is 17.4 Å². The number of benzene rings is 2. The fourth-order valence-electron chi connectivity index (χ4n) is 3.18. The molecular formula is C19H14ClN3O6. The van der Waals surface area contributed by atoms with Crippen LogP contribution in [0.15, 0.2) is 54.1 Å². The summed E-state index contributed by atoms with van der Waals surface area (Å²) in [4.78, 5) is 48.3. The Kier molecular flexibility index (Phi) is 5.33. The van der Waals surface area contributed by atoms with Crippen molar-refractivity contribution < 1.29 is 24.4 Å². The molecule has 2 amide bonds. The minimum absolute atomic E-state index is 0.0338. The van der Waals surface area contributed by atoms with E-state index in [0.717, 1.165) is 4.90 Å². The molecule has 2 aromatic rings. The number of primary amides is 1. The fourth-order valence-corrected chi connectivity index (χ4v) is 3.31. The molecule has 3 N–H and O–H groups in total. The van der Waals surface area contributed by atoms with Crippen LogP contribution in [0.1, 0.15) is 17.2 Å². The number of nitrogens with zero attached hydrogens (tertiary/aromatic N) is 2. The predicted octanol–water partition coefficient (Wildman–Crippen LogP) is 2.16. The van der Waals surface area contributed by atoms with Gasteiger partial charge in [0.1, 0.15) is 12.3 Å². The normalized spacial score (nSPS) is 18.1. The molecule has 1 unspecified atom stereocenters. The second-order valence-electron chi connectivity index (χ2n) is 6.22. The number of aliphatic hydroxyl groups is 1. The average molecular weight is 416 g/mol. The fraction of sp³-hybridized carbons (Fsp3) is 0.105. The second kappa shape index (κ2) is 7.72. The summed E-state index contributed by atoms with van der Waals surface area (Å²) in [6, 6.07) is 9.87. The van der Waals surface area contributed by atoms with E-state index < -0.39 is 40.9 Å². The first-order valence-corrected chi connectivity index (χ1v) is 8.66. The van der Waals surface area contributed by atoms with Crippen molar-refractivity contribution in [3.05, 3.63) is 80.4 Å². The molecule has 1 saturated heterocycles. The van der Waals surface area contributed by atoms with Crippen LogP contribution in [0.2, 0.25) is 5.02 Å². The lowest BCUT2D eigenvalue weighted by Crippen LogP contribution is -2.37. The first-order chi connectivity index (χ1) is 13.7. The molecule has 1 aliphatic heterocycles. The van der Waals surface area contributed by atoms with Crippen molar-refractivity contribution in [2.45, 2.75) is 6.04 Å². The van der Waals surface area contributed by atoms with Crippen LogP contribution in [0.3, 0.4) is 0 Å². The Labute approximate surface area is 169 Å². The van der Waals surface area contributed by atoms with Crippen molar-refractivity contribution in [3.8, 4) is 0 Å². The zero-order chi connectivity index (χ0) is 21.3. The molecule has 148 valence electrons. The van der Waals surface area contributed by atoms with Gasteiger partial charge in [-0.2, -0.15) is 0 Å². The van der Waals surface area contributed by atoms with Crippen molar-refractivity contribution in [2.75, 3.05) is 6.54 Å². The summed E-state index contributed by atoms with van der Waals surface area (Å²) in [5.41, 5.74) is 4.58. The second-order valence-corrected chi connectivity index (χ2v) is 6.65. The SMILES string of the molecule is NC(=O)CN1C(=O)C(=O)/C(=C(/O)c2ccc(Cl)cc2)C1c1ccccc1[N+](=O)[O-]. The Morgan fingerprint density at radius 1 is 1.17 bits per heavy atom. The van der Waals surface area contributed by atoms with Crippen LogP contribution >= 0.6 is 11.6 Å². The molecule has 1 aliphatic rings. The number of nitro benzene ring substituents is 1. The molecule has 0 radical (unpaired) electrons. The van der Waals surface area contributed by atoms with Gasteiger partial charge in [-0.25, -0.2) is 0 Å². The number of nitro groups is 1. The van der Waals surface area contributed by atoms with Gasteiger partial charge in [-0.05, 0) is 30.3 Å². The van der Waals surface area contributed by atoms with E-state index in [4.69, 9.17) is 17.3 Å². The number of Topliss-reactive ketones (excluding diaryl/α,β-unsaturated/α-hetero) is 1. The van der Waals surface area contributed by atoms with Gasteiger partial charge in [-0.3, -0.25) is 24.5 Å². The van der Waals surface area contributed by atoms with Crippen LogP contribution in [-0.2, 0) is 14.4 Å². The molecule has 0 spiro atoms. The number of para-hydroxylation sites is 1. The standard InChI is InChI=1S/C19H14ClN3O6/c20-11-7-5-10(6-8-11)17(25)15-16(12-3-1-2-4-13(12)23(28)29)22(9-14(21)24)19(27)18(15)26/h1-8,16,25H,9H2,(H2,21,24)/b17-15+. The number of carbonyl (C=O) groups excluding carboxylic acids is 3. The van der Waals surface area contributed by atoms with E-state index in [1.165, 1.54) is 48.5 Å². The molecule has 1 heterocycles. The lowest BCUT2D eigenvalue weighted by atomic mass is 9.94. The predicted molar refractivity (Wildman–Crippen MR) is 103 cm³/mol. The minimum atomic E-state index is -1.36. The maximum absolute atomic E-state index is 12.7. The van der Waals surface area contributed by atoms with Crippen LogP contribution in [0.5, 0.6) is 0 Å². The maximum atomic E-state index is 12.7. The van der Waals surface area contributed by atoms with Crippen molar-refractivity contribution in [1.29, 1.82) is 0 Å². The minimum Gasteiger partial charge on any atom is -0.507 e. The van der Waals surface area contributed by atoms with E-state index in [2.05, 4.69) is 0 Å². The number of ketones is 1. The third kappa shape index (κ3) is 3.67. The number of likely N-dealkylation sites (tertiary alicyclic amines) is 1. The number of hydrogen-bond donors (Lipinski definition) is 2. The molecule has 1 atom stereocenters. The number of amides is 2. The third-order valence-electron chi connectivity index (χ3n) is 4.41. The highest BCUT2D eigenvalue weighted by atomic mass is 35.5. The molecule has 0 aromatic heterocycles. The molecule has 0 aliphatic carbocycles. The molecule has 0 saturated carbocycles. The van der Waals surface area contributed by atoms with Crippen molar-refractivity contribution >= 4 is 40.6 Å². The summed E-state index contributed by atoms with van der Waals surface area (Å²) in [7, 11) is 0. The number of hydrogen-bond acceptors (Lipinski definition) is 6. The number of halogens is 1. The lowest BCUT2D eigenvalue weighted by molar-refractivity contribution is -0.385. The van der Waals surface area contributed by atoms with E-state index in [9.17, 15) is 29.6 Å². The summed E-state index contributed by atoms with van der Waals surface area (Å²) in [6.07, 6.45) is 0. The van der Waals surface area contributed by atoms with Crippen molar-refractivity contribution in [3.63, 3.8) is 0 Å². The molecule has 1 fully saturated rings. The molecule has 9 nitrogen and oxygen atoms in total. The largest absolute Gasteiger partial charge is 0.507 e. The van der Waals surface area contributed by atoms with Crippen molar-refractivity contribution in [1.82, 2.24) is 4.90 Å². The van der Waals surface area contributed by atoms with Crippen LogP contribution in [0.25, 0.3) is 5.76 Å². The summed E-state index contributed by atoms with van der Waals surface area (Å²) in [5.74, 6) is -3.64. The van der Waals surface area contributed by atoms with Crippen LogP contribution in [0.4, 0.5) is 5.69 Å². The van der Waals surface area contributed by atoms with E-state index in [-0.39, 0.29) is 22.4 Å². The Hall–Kier alpha value is -3.72. The summed E-state index contributed by atoms with van der Waals surface area (Å²) in [6.45, 7) is -0.654. The number of carbonyl (C=O) groups is 3. The summed E-state index contributed by atoms with van der Waals surface area (Å²) >= 11 is 5.84. The zero-order valence-corrected chi connectivity index (χ0v) is 15.5. The topological polar surface area (TPSA) is 144 Å². The smallest absolute Gasteiger partial charge is 0.296 e. The highest BCUT2D eigenvalue weighted by Crippen LogP contribution is 2.42. The lowest BCUT2D eigenvalue weighted by Gasteiger charge is -2.23. The summed E-state index contributed by atoms with van der Waals surface area (Å²) < 4.78 is 0. The Morgan fingerprint density at radius 3 is 2.38 bits per heavy atom. The van der Waals surface area contributed by atoms with Gasteiger partial charge in [-0.15, -0.1) is 0 Å². The van der Waals surface area contributed by atoms with Gasteiger partial charge in [0.2, 0.25) is 5.91 Å². The van der Waals surface area contributed by atoms with Gasteiger partial charge in [0.05, 0.1) is 22.1 Å². The van der Waals surface area contributed by atoms with Gasteiger partial charge < -0.3 is 15.7 Å². The molecule has 0 bridgehead atoms. The monoisotopic (exact) mass is 415 g/mol. The number of aliphatic hydroxyl groups excluding tert-OH is 1. The van der Waals surface area contributed by atoms with Gasteiger partial charge in [0, 0.05) is 16.7 Å². The molecular weight excluding hydrogens is 402 g/mol. The Balaban J connectivity index is 2.28. The number of rotatable bonds is 5. The first kappa shape index (κ1) is 20.0. The van der Waals surface area contributed by atoms with Crippen LogP contribution < -0.4 is 5.73 Å². The van der Waals surface area contributed by atoms with E-state index >= 15 is 0 Å². The van der Waals surface area contributed by atoms with Gasteiger partial charge in [-0.1, -0.05) is 23.7 Å². The molecule has 2 aromatic carbocycles. The molecule has 29 heavy (non-hydrogen) atoms. The van der Waals surface area contributed by atoms with Crippen LogP contribution in [0, 0.1) is 10.1 Å². The van der Waals surface area contributed by atoms with E-state index in [1.807, 2.05) is 0 Å². The highest BCUT2D eigenvalue weighted by Gasteiger charge is 2.48. The number of nitrogens with two attached hydrogens (primary N) is 1.